The summed E-state index contributed by atoms with van der Waals surface area (Å²) in [6.07, 6.45) is 7.05. The maximum atomic E-state index is 10.1. The molecule has 0 amide bonds. The largest absolute Gasteiger partial charge is 0.386 e. The van der Waals surface area contributed by atoms with Gasteiger partial charge in [-0.25, -0.2) is 0 Å². The van der Waals surface area contributed by atoms with E-state index in [1.54, 1.807) is 0 Å². The van der Waals surface area contributed by atoms with E-state index in [-0.39, 0.29) is 0 Å². The molecule has 2 nitrogen and oxygen atoms in total. The molecule has 0 aromatic heterocycles. The van der Waals surface area contributed by atoms with Crippen LogP contribution >= 0.6 is 0 Å². The summed E-state index contributed by atoms with van der Waals surface area (Å²) < 4.78 is 5.66. The average Bonchev–Trinajstić information content (AvgIpc) is 2.93. The van der Waals surface area contributed by atoms with Gasteiger partial charge in [0.2, 0.25) is 0 Å². The number of benzene rings is 1. The first-order valence-corrected chi connectivity index (χ1v) is 7.64. The molecule has 0 aliphatic heterocycles. The Morgan fingerprint density at radius 3 is 2.53 bits per heavy atom. The molecule has 0 heterocycles. The Balaban J connectivity index is 1.73. The second-order valence-corrected chi connectivity index (χ2v) is 5.70. The first-order valence-electron chi connectivity index (χ1n) is 7.64. The summed E-state index contributed by atoms with van der Waals surface area (Å²) in [4.78, 5) is 0. The lowest BCUT2D eigenvalue weighted by molar-refractivity contribution is 0.0212. The van der Waals surface area contributed by atoms with Gasteiger partial charge in [-0.2, -0.15) is 0 Å². The van der Waals surface area contributed by atoms with Crippen molar-refractivity contribution in [2.24, 2.45) is 5.92 Å². The van der Waals surface area contributed by atoms with Gasteiger partial charge in [0.15, 0.2) is 0 Å². The Bertz CT molecular complexity index is 352. The highest BCUT2D eigenvalue weighted by molar-refractivity contribution is 5.24. The van der Waals surface area contributed by atoms with Crippen molar-refractivity contribution < 1.29 is 9.84 Å². The van der Waals surface area contributed by atoms with E-state index in [1.807, 2.05) is 12.1 Å². The molecule has 0 bridgehead atoms. The summed E-state index contributed by atoms with van der Waals surface area (Å²) in [6, 6.07) is 8.27. The van der Waals surface area contributed by atoms with Gasteiger partial charge in [-0.15, -0.1) is 0 Å². The van der Waals surface area contributed by atoms with E-state index in [9.17, 15) is 5.11 Å². The Hall–Kier alpha value is -0.860. The number of aryl methyl sites for hydroxylation is 1. The predicted molar refractivity (Wildman–Crippen MR) is 78.2 cm³/mol. The molecule has 1 aliphatic carbocycles. The smallest absolute Gasteiger partial charge is 0.102 e. The molecule has 0 saturated heterocycles. The molecule has 1 unspecified atom stereocenters. The molecule has 1 aromatic rings. The second kappa shape index (κ2) is 7.66. The van der Waals surface area contributed by atoms with Gasteiger partial charge in [0, 0.05) is 6.61 Å². The van der Waals surface area contributed by atoms with E-state index in [2.05, 4.69) is 19.1 Å². The van der Waals surface area contributed by atoms with Crippen molar-refractivity contribution in [3.8, 4) is 0 Å². The third-order valence-corrected chi connectivity index (χ3v) is 4.01. The molecular formula is C17H26O2. The van der Waals surface area contributed by atoms with Crippen molar-refractivity contribution in [1.29, 1.82) is 0 Å². The van der Waals surface area contributed by atoms with Gasteiger partial charge in [0.1, 0.15) is 6.10 Å². The molecule has 0 radical (unpaired) electrons. The molecule has 1 fully saturated rings. The quantitative estimate of drug-likeness (QED) is 0.808. The monoisotopic (exact) mass is 262 g/mol. The Kier molecular flexibility index (Phi) is 5.87. The topological polar surface area (TPSA) is 29.5 Å². The molecular weight excluding hydrogens is 236 g/mol. The normalized spacial score (nSPS) is 17.8. The molecule has 2 rings (SSSR count). The molecule has 1 saturated carbocycles. The zero-order valence-electron chi connectivity index (χ0n) is 12.0. The van der Waals surface area contributed by atoms with Crippen molar-refractivity contribution >= 4 is 0 Å². The van der Waals surface area contributed by atoms with E-state index in [4.69, 9.17) is 4.74 Å². The van der Waals surface area contributed by atoms with Crippen LogP contribution in [0.2, 0.25) is 0 Å². The van der Waals surface area contributed by atoms with Gasteiger partial charge in [-0.05, 0) is 36.3 Å². The third kappa shape index (κ3) is 4.63. The van der Waals surface area contributed by atoms with Crippen LogP contribution in [-0.2, 0) is 11.2 Å². The van der Waals surface area contributed by atoms with Gasteiger partial charge in [-0.3, -0.25) is 0 Å². The molecule has 1 aromatic carbocycles. The second-order valence-electron chi connectivity index (χ2n) is 5.70. The third-order valence-electron chi connectivity index (χ3n) is 4.01. The summed E-state index contributed by atoms with van der Waals surface area (Å²) in [5, 5.41) is 10.1. The first-order chi connectivity index (χ1) is 9.29. The Morgan fingerprint density at radius 1 is 1.21 bits per heavy atom. The molecule has 19 heavy (non-hydrogen) atoms. The number of ether oxygens (including phenoxy) is 1. The summed E-state index contributed by atoms with van der Waals surface area (Å²) in [6.45, 7) is 3.41. The van der Waals surface area contributed by atoms with Crippen LogP contribution in [0.5, 0.6) is 0 Å². The minimum Gasteiger partial charge on any atom is -0.386 e. The predicted octanol–water partition coefficient (Wildman–Crippen LogP) is 3.88. The van der Waals surface area contributed by atoms with Gasteiger partial charge < -0.3 is 9.84 Å². The van der Waals surface area contributed by atoms with Crippen molar-refractivity contribution in [1.82, 2.24) is 0 Å². The maximum absolute atomic E-state index is 10.1. The van der Waals surface area contributed by atoms with Crippen molar-refractivity contribution in [3.63, 3.8) is 0 Å². The molecule has 0 spiro atoms. The molecule has 1 aliphatic rings. The minimum atomic E-state index is -0.489. The fraction of sp³-hybridized carbons (Fsp3) is 0.647. The Morgan fingerprint density at radius 2 is 1.89 bits per heavy atom. The SMILES string of the molecule is CCCc1ccc(C(O)COCC2CCCC2)cc1. The van der Waals surface area contributed by atoms with Gasteiger partial charge in [0.05, 0.1) is 6.61 Å². The highest BCUT2D eigenvalue weighted by Gasteiger charge is 2.16. The average molecular weight is 262 g/mol. The van der Waals surface area contributed by atoms with E-state index in [0.29, 0.717) is 6.61 Å². The van der Waals surface area contributed by atoms with Crippen molar-refractivity contribution in [2.45, 2.75) is 51.6 Å². The lowest BCUT2D eigenvalue weighted by atomic mass is 10.0. The molecule has 2 heteroatoms. The minimum absolute atomic E-state index is 0.420. The number of rotatable bonds is 7. The van der Waals surface area contributed by atoms with E-state index < -0.39 is 6.10 Å². The maximum Gasteiger partial charge on any atom is 0.102 e. The highest BCUT2D eigenvalue weighted by Crippen LogP contribution is 2.25. The summed E-state index contributed by atoms with van der Waals surface area (Å²) in [7, 11) is 0. The summed E-state index contributed by atoms with van der Waals surface area (Å²) >= 11 is 0. The van der Waals surface area contributed by atoms with E-state index >= 15 is 0 Å². The highest BCUT2D eigenvalue weighted by atomic mass is 16.5. The lowest BCUT2D eigenvalue weighted by Gasteiger charge is -2.14. The zero-order valence-corrected chi connectivity index (χ0v) is 12.0. The van der Waals surface area contributed by atoms with Crippen LogP contribution in [0.15, 0.2) is 24.3 Å². The zero-order chi connectivity index (χ0) is 13.5. The van der Waals surface area contributed by atoms with Crippen LogP contribution in [0.4, 0.5) is 0 Å². The summed E-state index contributed by atoms with van der Waals surface area (Å²) in [5.41, 5.74) is 2.30. The first kappa shape index (κ1) is 14.5. The number of hydrogen-bond acceptors (Lipinski definition) is 2. The standard InChI is InChI=1S/C17H26O2/c1-2-5-14-8-10-16(11-9-14)17(18)13-19-12-15-6-3-4-7-15/h8-11,15,17-18H,2-7,12-13H2,1H3. The number of aliphatic hydroxyl groups excluding tert-OH is 1. The van der Waals surface area contributed by atoms with Crippen molar-refractivity contribution in [2.75, 3.05) is 13.2 Å². The van der Waals surface area contributed by atoms with Crippen LogP contribution in [0.25, 0.3) is 0 Å². The van der Waals surface area contributed by atoms with E-state index in [0.717, 1.165) is 30.9 Å². The van der Waals surface area contributed by atoms with Gasteiger partial charge in [-0.1, -0.05) is 50.5 Å². The van der Waals surface area contributed by atoms with Gasteiger partial charge in [0.25, 0.3) is 0 Å². The lowest BCUT2D eigenvalue weighted by Crippen LogP contribution is -2.12. The van der Waals surface area contributed by atoms with Crippen LogP contribution < -0.4 is 0 Å². The number of aliphatic hydroxyl groups is 1. The fourth-order valence-electron chi connectivity index (χ4n) is 2.81. The van der Waals surface area contributed by atoms with Gasteiger partial charge >= 0.3 is 0 Å². The molecule has 1 N–H and O–H groups in total. The fourth-order valence-corrected chi connectivity index (χ4v) is 2.81. The van der Waals surface area contributed by atoms with Crippen LogP contribution in [0.3, 0.4) is 0 Å². The molecule has 1 atom stereocenters. The molecule has 106 valence electrons. The summed E-state index contributed by atoms with van der Waals surface area (Å²) in [5.74, 6) is 0.721. The van der Waals surface area contributed by atoms with Crippen LogP contribution in [0, 0.1) is 5.92 Å². The van der Waals surface area contributed by atoms with Crippen molar-refractivity contribution in [3.05, 3.63) is 35.4 Å². The van der Waals surface area contributed by atoms with Crippen LogP contribution in [0.1, 0.15) is 56.3 Å². The van der Waals surface area contributed by atoms with E-state index in [1.165, 1.54) is 31.2 Å². The Labute approximate surface area is 116 Å². The number of hydrogen-bond donors (Lipinski definition) is 1. The van der Waals surface area contributed by atoms with Crippen LogP contribution in [-0.4, -0.2) is 18.3 Å².